The van der Waals surface area contributed by atoms with Crippen LogP contribution < -0.4 is 10.2 Å². The summed E-state index contributed by atoms with van der Waals surface area (Å²) >= 11 is 5.98. The Labute approximate surface area is 193 Å². The van der Waals surface area contributed by atoms with Crippen LogP contribution >= 0.6 is 11.6 Å². The van der Waals surface area contributed by atoms with Gasteiger partial charge in [-0.1, -0.05) is 25.4 Å². The second-order valence-electron chi connectivity index (χ2n) is 7.13. The SMILES string of the molecule is CCN(CC)S(=O)(=O)c1ccc(N2CCOCC2)c(C(=O)Nc2ccc(Cl)c(C#N)c2)c1. The number of hydrogen-bond donors (Lipinski definition) is 1. The molecule has 0 aliphatic carbocycles. The zero-order chi connectivity index (χ0) is 23.3. The Morgan fingerprint density at radius 1 is 1.19 bits per heavy atom. The molecule has 0 bridgehead atoms. The summed E-state index contributed by atoms with van der Waals surface area (Å²) in [5.41, 5.74) is 1.48. The number of sulfonamides is 1. The van der Waals surface area contributed by atoms with Crippen LogP contribution in [0.15, 0.2) is 41.3 Å². The molecule has 8 nitrogen and oxygen atoms in total. The van der Waals surface area contributed by atoms with E-state index >= 15 is 0 Å². The van der Waals surface area contributed by atoms with E-state index in [1.165, 1.54) is 28.6 Å². The predicted octanol–water partition coefficient (Wildman–Crippen LogP) is 3.33. The van der Waals surface area contributed by atoms with E-state index in [9.17, 15) is 18.5 Å². The summed E-state index contributed by atoms with van der Waals surface area (Å²) in [4.78, 5) is 15.3. The normalized spacial score (nSPS) is 14.3. The summed E-state index contributed by atoms with van der Waals surface area (Å²) in [5.74, 6) is -0.477. The molecular formula is C22H25ClN4O4S. The lowest BCUT2D eigenvalue weighted by molar-refractivity contribution is 0.102. The molecule has 170 valence electrons. The molecule has 0 radical (unpaired) electrons. The average Bonchev–Trinajstić information content (AvgIpc) is 2.81. The maximum Gasteiger partial charge on any atom is 0.257 e. The van der Waals surface area contributed by atoms with Crippen LogP contribution in [-0.4, -0.2) is 58.0 Å². The van der Waals surface area contributed by atoms with Crippen LogP contribution in [0.3, 0.4) is 0 Å². The van der Waals surface area contributed by atoms with Crippen LogP contribution in [0, 0.1) is 11.3 Å². The second kappa shape index (κ2) is 10.3. The zero-order valence-corrected chi connectivity index (χ0v) is 19.5. The first kappa shape index (κ1) is 24.0. The number of nitriles is 1. The van der Waals surface area contributed by atoms with E-state index in [1.54, 1.807) is 26.0 Å². The van der Waals surface area contributed by atoms with Crippen molar-refractivity contribution in [1.82, 2.24) is 4.31 Å². The number of morpholine rings is 1. The fourth-order valence-corrected chi connectivity index (χ4v) is 5.18. The number of nitrogens with one attached hydrogen (secondary N) is 1. The smallest absolute Gasteiger partial charge is 0.257 e. The van der Waals surface area contributed by atoms with Crippen molar-refractivity contribution in [3.63, 3.8) is 0 Å². The van der Waals surface area contributed by atoms with Crippen LogP contribution in [0.5, 0.6) is 0 Å². The molecule has 3 rings (SSSR count). The Hall–Kier alpha value is -2.64. The first-order valence-electron chi connectivity index (χ1n) is 10.3. The highest BCUT2D eigenvalue weighted by atomic mass is 35.5. The van der Waals surface area contributed by atoms with E-state index in [4.69, 9.17) is 16.3 Å². The molecule has 1 heterocycles. The molecule has 1 amide bonds. The van der Waals surface area contributed by atoms with Crippen molar-refractivity contribution in [3.05, 3.63) is 52.5 Å². The summed E-state index contributed by atoms with van der Waals surface area (Å²) in [6.45, 7) is 6.39. The van der Waals surface area contributed by atoms with Gasteiger partial charge in [-0.25, -0.2) is 8.42 Å². The quantitative estimate of drug-likeness (QED) is 0.657. The molecule has 32 heavy (non-hydrogen) atoms. The maximum atomic E-state index is 13.3. The van der Waals surface area contributed by atoms with Gasteiger partial charge in [0.05, 0.1) is 34.3 Å². The highest BCUT2D eigenvalue weighted by Crippen LogP contribution is 2.28. The molecule has 1 N–H and O–H groups in total. The Morgan fingerprint density at radius 3 is 2.50 bits per heavy atom. The summed E-state index contributed by atoms with van der Waals surface area (Å²) < 4.78 is 32.8. The van der Waals surface area contributed by atoms with Crippen LogP contribution in [0.4, 0.5) is 11.4 Å². The fraction of sp³-hybridized carbons (Fsp3) is 0.364. The van der Waals surface area contributed by atoms with Gasteiger partial charge < -0.3 is 15.0 Å². The number of carbonyl (C=O) groups is 1. The second-order valence-corrected chi connectivity index (χ2v) is 9.47. The molecule has 0 aromatic heterocycles. The number of benzene rings is 2. The molecule has 0 spiro atoms. The van der Waals surface area contributed by atoms with Gasteiger partial charge in [-0.3, -0.25) is 4.79 Å². The molecule has 1 fully saturated rings. The number of amides is 1. The summed E-state index contributed by atoms with van der Waals surface area (Å²) in [6.07, 6.45) is 0. The van der Waals surface area contributed by atoms with Gasteiger partial charge in [-0.05, 0) is 36.4 Å². The van der Waals surface area contributed by atoms with Crippen molar-refractivity contribution >= 4 is 38.9 Å². The Balaban J connectivity index is 2.03. The standard InChI is InChI=1S/C22H25ClN4O4S/c1-3-27(4-2)32(29,30)18-6-8-21(26-9-11-31-12-10-26)19(14-18)22(28)25-17-5-7-20(23)16(13-17)15-24/h5-8,13-14H,3-4,9-12H2,1-2H3,(H,25,28). The molecule has 0 saturated carbocycles. The number of hydrogen-bond acceptors (Lipinski definition) is 6. The van der Waals surface area contributed by atoms with Gasteiger partial charge in [0, 0.05) is 37.6 Å². The average molecular weight is 477 g/mol. The van der Waals surface area contributed by atoms with Gasteiger partial charge in [0.2, 0.25) is 10.0 Å². The lowest BCUT2D eigenvalue weighted by Crippen LogP contribution is -2.37. The van der Waals surface area contributed by atoms with Crippen molar-refractivity contribution in [2.24, 2.45) is 0 Å². The van der Waals surface area contributed by atoms with E-state index < -0.39 is 15.9 Å². The molecule has 1 saturated heterocycles. The van der Waals surface area contributed by atoms with Gasteiger partial charge in [-0.15, -0.1) is 0 Å². The third kappa shape index (κ3) is 5.05. The van der Waals surface area contributed by atoms with Crippen LogP contribution in [0.2, 0.25) is 5.02 Å². The molecule has 1 aliphatic heterocycles. The summed E-state index contributed by atoms with van der Waals surface area (Å²) in [6, 6.07) is 11.2. The molecule has 10 heteroatoms. The van der Waals surface area contributed by atoms with Crippen LogP contribution in [0.1, 0.15) is 29.8 Å². The van der Waals surface area contributed by atoms with E-state index in [2.05, 4.69) is 5.32 Å². The lowest BCUT2D eigenvalue weighted by atomic mass is 10.1. The van der Waals surface area contributed by atoms with Crippen LogP contribution in [0.25, 0.3) is 0 Å². The van der Waals surface area contributed by atoms with Gasteiger partial charge in [0.1, 0.15) is 6.07 Å². The number of carbonyl (C=O) groups excluding carboxylic acids is 1. The third-order valence-corrected chi connectivity index (χ3v) is 7.63. The van der Waals surface area contributed by atoms with Crippen molar-refractivity contribution < 1.29 is 17.9 Å². The first-order valence-corrected chi connectivity index (χ1v) is 12.1. The van der Waals surface area contributed by atoms with Crippen molar-refractivity contribution in [2.75, 3.05) is 49.6 Å². The van der Waals surface area contributed by atoms with Gasteiger partial charge >= 0.3 is 0 Å². The van der Waals surface area contributed by atoms with Gasteiger partial charge in [0.25, 0.3) is 5.91 Å². The lowest BCUT2D eigenvalue weighted by Gasteiger charge is -2.30. The van der Waals surface area contributed by atoms with E-state index in [0.717, 1.165) is 0 Å². The minimum atomic E-state index is -3.74. The predicted molar refractivity (Wildman–Crippen MR) is 124 cm³/mol. The molecule has 0 unspecified atom stereocenters. The highest BCUT2D eigenvalue weighted by molar-refractivity contribution is 7.89. The number of rotatable bonds is 7. The van der Waals surface area contributed by atoms with E-state index in [0.29, 0.717) is 50.8 Å². The van der Waals surface area contributed by atoms with Gasteiger partial charge in [-0.2, -0.15) is 9.57 Å². The third-order valence-electron chi connectivity index (χ3n) is 5.25. The molecule has 2 aromatic carbocycles. The summed E-state index contributed by atoms with van der Waals surface area (Å²) in [7, 11) is -3.74. The monoisotopic (exact) mass is 476 g/mol. The van der Waals surface area contributed by atoms with Crippen molar-refractivity contribution in [3.8, 4) is 6.07 Å². The fourth-order valence-electron chi connectivity index (χ4n) is 3.54. The topological polar surface area (TPSA) is 103 Å². The maximum absolute atomic E-state index is 13.3. The van der Waals surface area contributed by atoms with Crippen molar-refractivity contribution in [2.45, 2.75) is 18.7 Å². The number of nitrogens with zero attached hydrogens (tertiary/aromatic N) is 3. The Kier molecular flexibility index (Phi) is 7.74. The Bertz CT molecular complexity index is 1140. The number of anilines is 2. The number of halogens is 1. The summed E-state index contributed by atoms with van der Waals surface area (Å²) in [5, 5.41) is 12.2. The van der Waals surface area contributed by atoms with E-state index in [1.807, 2.05) is 11.0 Å². The molecule has 2 aromatic rings. The molecule has 1 aliphatic rings. The first-order chi connectivity index (χ1) is 15.3. The van der Waals surface area contributed by atoms with Gasteiger partial charge in [0.15, 0.2) is 0 Å². The Morgan fingerprint density at radius 2 is 1.88 bits per heavy atom. The number of ether oxygens (including phenoxy) is 1. The minimum Gasteiger partial charge on any atom is -0.378 e. The van der Waals surface area contributed by atoms with Crippen LogP contribution in [-0.2, 0) is 14.8 Å². The van der Waals surface area contributed by atoms with Crippen molar-refractivity contribution in [1.29, 1.82) is 5.26 Å². The largest absolute Gasteiger partial charge is 0.378 e. The zero-order valence-electron chi connectivity index (χ0n) is 18.0. The molecular weight excluding hydrogens is 452 g/mol. The molecule has 0 atom stereocenters. The highest BCUT2D eigenvalue weighted by Gasteiger charge is 2.26. The minimum absolute atomic E-state index is 0.0529. The van der Waals surface area contributed by atoms with E-state index in [-0.39, 0.29) is 21.0 Å².